The summed E-state index contributed by atoms with van der Waals surface area (Å²) in [4.78, 5) is 14.3. The van der Waals surface area contributed by atoms with Crippen molar-refractivity contribution in [1.29, 1.82) is 0 Å². The van der Waals surface area contributed by atoms with Crippen LogP contribution in [0.2, 0.25) is 0 Å². The minimum atomic E-state index is -3.49. The van der Waals surface area contributed by atoms with E-state index in [-0.39, 0.29) is 10.6 Å². The molecule has 0 atom stereocenters. The van der Waals surface area contributed by atoms with E-state index >= 15 is 0 Å². The van der Waals surface area contributed by atoms with Gasteiger partial charge in [0, 0.05) is 31.1 Å². The second kappa shape index (κ2) is 7.65. The number of amides is 1. The van der Waals surface area contributed by atoms with Crippen molar-refractivity contribution in [3.05, 3.63) is 53.8 Å². The van der Waals surface area contributed by atoms with Crippen molar-refractivity contribution in [3.8, 4) is 0 Å². The van der Waals surface area contributed by atoms with Gasteiger partial charge in [-0.15, -0.1) is 0 Å². The summed E-state index contributed by atoms with van der Waals surface area (Å²) in [6.45, 7) is 2.98. The van der Waals surface area contributed by atoms with E-state index in [0.717, 1.165) is 37.0 Å². The minimum Gasteiger partial charge on any atom is -0.375 e. The molecule has 0 aliphatic rings. The van der Waals surface area contributed by atoms with Crippen molar-refractivity contribution in [2.75, 3.05) is 30.1 Å². The Labute approximate surface area is 147 Å². The van der Waals surface area contributed by atoms with E-state index in [0.29, 0.717) is 5.56 Å². The van der Waals surface area contributed by atoms with Gasteiger partial charge in [-0.25, -0.2) is 12.8 Å². The second-order valence-electron chi connectivity index (χ2n) is 5.84. The third-order valence-electron chi connectivity index (χ3n) is 3.74. The van der Waals surface area contributed by atoms with Crippen LogP contribution >= 0.6 is 0 Å². The fourth-order valence-electron chi connectivity index (χ4n) is 2.36. The van der Waals surface area contributed by atoms with Gasteiger partial charge in [0.1, 0.15) is 5.82 Å². The number of hydrogen-bond donors (Lipinski definition) is 1. The average Bonchev–Trinajstić information content (AvgIpc) is 2.56. The molecule has 7 heteroatoms. The van der Waals surface area contributed by atoms with Crippen molar-refractivity contribution in [1.82, 2.24) is 0 Å². The van der Waals surface area contributed by atoms with Crippen LogP contribution < -0.4 is 10.2 Å². The Balaban J connectivity index is 2.20. The molecule has 2 aromatic rings. The van der Waals surface area contributed by atoms with Gasteiger partial charge in [0.15, 0.2) is 9.84 Å². The van der Waals surface area contributed by atoms with Gasteiger partial charge in [-0.1, -0.05) is 6.92 Å². The van der Waals surface area contributed by atoms with Crippen LogP contribution in [0, 0.1) is 5.82 Å². The number of hydrogen-bond acceptors (Lipinski definition) is 4. The molecular formula is C18H21FN2O3S. The first-order valence-electron chi connectivity index (χ1n) is 7.84. The highest BCUT2D eigenvalue weighted by Crippen LogP contribution is 2.21. The molecule has 0 spiro atoms. The van der Waals surface area contributed by atoms with Crippen LogP contribution in [0.25, 0.3) is 0 Å². The van der Waals surface area contributed by atoms with E-state index in [1.807, 2.05) is 19.2 Å². The smallest absolute Gasteiger partial charge is 0.255 e. The molecule has 134 valence electrons. The zero-order chi connectivity index (χ0) is 18.6. The van der Waals surface area contributed by atoms with Crippen molar-refractivity contribution in [2.45, 2.75) is 18.2 Å². The molecule has 0 bridgehead atoms. The normalized spacial score (nSPS) is 11.2. The lowest BCUT2D eigenvalue weighted by Crippen LogP contribution is -2.18. The Morgan fingerprint density at radius 2 is 1.80 bits per heavy atom. The second-order valence-corrected chi connectivity index (χ2v) is 7.85. The van der Waals surface area contributed by atoms with E-state index in [1.165, 1.54) is 6.07 Å². The molecule has 25 heavy (non-hydrogen) atoms. The molecule has 2 rings (SSSR count). The number of anilines is 2. The third kappa shape index (κ3) is 4.79. The molecule has 0 saturated heterocycles. The number of benzene rings is 2. The number of nitrogens with one attached hydrogen (secondary N) is 1. The van der Waals surface area contributed by atoms with E-state index in [1.54, 1.807) is 12.1 Å². The average molecular weight is 364 g/mol. The molecule has 1 amide bonds. The van der Waals surface area contributed by atoms with E-state index in [2.05, 4.69) is 17.1 Å². The Morgan fingerprint density at radius 1 is 1.16 bits per heavy atom. The number of carbonyl (C=O) groups excluding carboxylic acids is 1. The number of rotatable bonds is 6. The molecule has 5 nitrogen and oxygen atoms in total. The topological polar surface area (TPSA) is 66.5 Å². The molecule has 2 aromatic carbocycles. The van der Waals surface area contributed by atoms with Gasteiger partial charge >= 0.3 is 0 Å². The summed E-state index contributed by atoms with van der Waals surface area (Å²) in [5.74, 6) is -1.20. The lowest BCUT2D eigenvalue weighted by Gasteiger charge is -2.18. The van der Waals surface area contributed by atoms with Crippen LogP contribution in [0.15, 0.2) is 47.4 Å². The molecule has 1 N–H and O–H groups in total. The molecule has 0 aliphatic heterocycles. The van der Waals surface area contributed by atoms with Crippen molar-refractivity contribution in [2.24, 2.45) is 0 Å². The highest BCUT2D eigenvalue weighted by Gasteiger charge is 2.14. The predicted octanol–water partition coefficient (Wildman–Crippen LogP) is 3.33. The maximum Gasteiger partial charge on any atom is 0.255 e. The highest BCUT2D eigenvalue weighted by molar-refractivity contribution is 7.90. The van der Waals surface area contributed by atoms with Crippen molar-refractivity contribution >= 4 is 27.1 Å². The third-order valence-corrected chi connectivity index (χ3v) is 4.85. The van der Waals surface area contributed by atoms with E-state index in [4.69, 9.17) is 0 Å². The van der Waals surface area contributed by atoms with Gasteiger partial charge < -0.3 is 10.2 Å². The van der Waals surface area contributed by atoms with Gasteiger partial charge in [0.2, 0.25) is 0 Å². The van der Waals surface area contributed by atoms with Crippen LogP contribution in [-0.4, -0.2) is 34.2 Å². The Kier molecular flexibility index (Phi) is 5.79. The largest absolute Gasteiger partial charge is 0.375 e. The molecule has 0 aliphatic carbocycles. The van der Waals surface area contributed by atoms with Crippen LogP contribution in [0.5, 0.6) is 0 Å². The summed E-state index contributed by atoms with van der Waals surface area (Å²) in [6.07, 6.45) is 2.03. The molecular weight excluding hydrogens is 343 g/mol. The number of halogens is 1. The summed E-state index contributed by atoms with van der Waals surface area (Å²) >= 11 is 0. The first-order chi connectivity index (χ1) is 11.7. The van der Waals surface area contributed by atoms with Crippen molar-refractivity contribution in [3.63, 3.8) is 0 Å². The zero-order valence-electron chi connectivity index (χ0n) is 14.4. The van der Waals surface area contributed by atoms with Gasteiger partial charge in [-0.05, 0) is 48.9 Å². The number of carbonyl (C=O) groups is 1. The maximum absolute atomic E-state index is 13.9. The quantitative estimate of drug-likeness (QED) is 0.799. The van der Waals surface area contributed by atoms with Crippen LogP contribution in [0.3, 0.4) is 0 Å². The summed E-state index contributed by atoms with van der Waals surface area (Å²) in [5, 5.41) is 2.42. The Bertz CT molecular complexity index is 864. The summed E-state index contributed by atoms with van der Waals surface area (Å²) in [5.41, 5.74) is 1.17. The molecule has 0 fully saturated rings. The fourth-order valence-corrected chi connectivity index (χ4v) is 3.00. The molecule has 0 radical (unpaired) electrons. The summed E-state index contributed by atoms with van der Waals surface area (Å²) in [6, 6.07) is 10.2. The summed E-state index contributed by atoms with van der Waals surface area (Å²) in [7, 11) is -1.52. The van der Waals surface area contributed by atoms with Gasteiger partial charge in [-0.3, -0.25) is 4.79 Å². The first-order valence-corrected chi connectivity index (χ1v) is 9.73. The lowest BCUT2D eigenvalue weighted by molar-refractivity contribution is 0.102. The Hall–Kier alpha value is -2.41. The van der Waals surface area contributed by atoms with Crippen LogP contribution in [0.1, 0.15) is 23.7 Å². The SMILES string of the molecule is CCCN(C)c1ccc(C(=O)Nc2cc(S(C)(=O)=O)ccc2F)cc1. The standard InChI is InChI=1S/C18H21FN2O3S/c1-4-11-21(2)14-7-5-13(6-8-14)18(22)20-17-12-15(25(3,23)24)9-10-16(17)19/h5-10,12H,4,11H2,1-3H3,(H,20,22). The van der Waals surface area contributed by atoms with Gasteiger partial charge in [0.05, 0.1) is 10.6 Å². The number of sulfone groups is 1. The van der Waals surface area contributed by atoms with E-state index < -0.39 is 21.6 Å². The van der Waals surface area contributed by atoms with Gasteiger partial charge in [-0.2, -0.15) is 0 Å². The summed E-state index contributed by atoms with van der Waals surface area (Å²) < 4.78 is 37.0. The molecule has 0 heterocycles. The first kappa shape index (κ1) is 18.9. The molecule has 0 aromatic heterocycles. The highest BCUT2D eigenvalue weighted by atomic mass is 32.2. The number of nitrogens with zero attached hydrogens (tertiary/aromatic N) is 1. The van der Waals surface area contributed by atoms with Gasteiger partial charge in [0.25, 0.3) is 5.91 Å². The van der Waals surface area contributed by atoms with Crippen molar-refractivity contribution < 1.29 is 17.6 Å². The molecule has 0 unspecified atom stereocenters. The maximum atomic E-state index is 13.9. The zero-order valence-corrected chi connectivity index (χ0v) is 15.2. The fraction of sp³-hybridized carbons (Fsp3) is 0.278. The predicted molar refractivity (Wildman–Crippen MR) is 97.5 cm³/mol. The van der Waals surface area contributed by atoms with Crippen LogP contribution in [-0.2, 0) is 9.84 Å². The van der Waals surface area contributed by atoms with Crippen LogP contribution in [0.4, 0.5) is 15.8 Å². The van der Waals surface area contributed by atoms with E-state index in [9.17, 15) is 17.6 Å². The minimum absolute atomic E-state index is 0.0549. The lowest BCUT2D eigenvalue weighted by atomic mass is 10.1. The monoisotopic (exact) mass is 364 g/mol. The molecule has 0 saturated carbocycles. The Morgan fingerprint density at radius 3 is 2.36 bits per heavy atom.